The van der Waals surface area contributed by atoms with Crippen molar-refractivity contribution >= 4 is 5.82 Å². The molecule has 3 aromatic heterocycles. The number of nitrogens with zero attached hydrogens (tertiary/aromatic N) is 6. The molecular formula is C17H20N6O. The predicted octanol–water partition coefficient (Wildman–Crippen LogP) is 2.22. The molecule has 0 aliphatic heterocycles. The van der Waals surface area contributed by atoms with Crippen molar-refractivity contribution in [1.29, 1.82) is 0 Å². The molecule has 24 heavy (non-hydrogen) atoms. The molecule has 3 aromatic rings. The lowest BCUT2D eigenvalue weighted by Crippen LogP contribution is -2.18. The lowest BCUT2D eigenvalue weighted by molar-refractivity contribution is 0.260. The van der Waals surface area contributed by atoms with E-state index in [1.54, 1.807) is 6.20 Å². The Morgan fingerprint density at radius 3 is 2.54 bits per heavy atom. The van der Waals surface area contributed by atoms with Crippen molar-refractivity contribution in [3.63, 3.8) is 0 Å². The summed E-state index contributed by atoms with van der Waals surface area (Å²) in [4.78, 5) is 17.1. The molecule has 0 bridgehead atoms. The highest BCUT2D eigenvalue weighted by Gasteiger charge is 2.12. The van der Waals surface area contributed by atoms with E-state index < -0.39 is 0 Å². The van der Waals surface area contributed by atoms with Crippen molar-refractivity contribution in [2.75, 3.05) is 26.0 Å². The smallest absolute Gasteiger partial charge is 0.241 e. The van der Waals surface area contributed by atoms with Crippen molar-refractivity contribution in [3.05, 3.63) is 54.2 Å². The van der Waals surface area contributed by atoms with Crippen LogP contribution in [0.15, 0.2) is 47.2 Å². The molecule has 0 fully saturated rings. The van der Waals surface area contributed by atoms with Gasteiger partial charge in [-0.1, -0.05) is 17.3 Å². The lowest BCUT2D eigenvalue weighted by Gasteiger charge is -2.15. The van der Waals surface area contributed by atoms with Gasteiger partial charge in [-0.3, -0.25) is 9.88 Å². The Hall–Kier alpha value is -2.80. The number of hydrogen-bond donors (Lipinski definition) is 0. The van der Waals surface area contributed by atoms with Crippen LogP contribution in [0.5, 0.6) is 0 Å². The summed E-state index contributed by atoms with van der Waals surface area (Å²) >= 11 is 0. The third kappa shape index (κ3) is 3.94. The Kier molecular flexibility index (Phi) is 4.81. The summed E-state index contributed by atoms with van der Waals surface area (Å²) in [6.45, 7) is 1.32. The second kappa shape index (κ2) is 7.18. The molecule has 0 unspecified atom stereocenters. The summed E-state index contributed by atoms with van der Waals surface area (Å²) in [5.41, 5.74) is 1.84. The van der Waals surface area contributed by atoms with Crippen LogP contribution in [0.1, 0.15) is 11.5 Å². The fourth-order valence-corrected chi connectivity index (χ4v) is 2.29. The molecule has 0 radical (unpaired) electrons. The summed E-state index contributed by atoms with van der Waals surface area (Å²) < 4.78 is 5.31. The highest BCUT2D eigenvalue weighted by Crippen LogP contribution is 2.14. The number of hydrogen-bond acceptors (Lipinski definition) is 7. The highest BCUT2D eigenvalue weighted by atomic mass is 16.5. The molecule has 0 spiro atoms. The first-order chi connectivity index (χ1) is 11.6. The van der Waals surface area contributed by atoms with E-state index in [4.69, 9.17) is 4.52 Å². The monoisotopic (exact) mass is 324 g/mol. The van der Waals surface area contributed by atoms with E-state index in [9.17, 15) is 0 Å². The average molecular weight is 324 g/mol. The molecule has 7 heteroatoms. The summed E-state index contributed by atoms with van der Waals surface area (Å²) in [6.07, 6.45) is 3.60. The predicted molar refractivity (Wildman–Crippen MR) is 91.3 cm³/mol. The standard InChI is InChI=1S/C17H20N6O/c1-22(2)15-8-7-13(10-19-15)11-23(3)12-16-20-17(21-24-16)14-6-4-5-9-18-14/h4-10H,11-12H2,1-3H3. The maximum Gasteiger partial charge on any atom is 0.241 e. The minimum Gasteiger partial charge on any atom is -0.363 e. The lowest BCUT2D eigenvalue weighted by atomic mass is 10.2. The van der Waals surface area contributed by atoms with Crippen LogP contribution in [0.3, 0.4) is 0 Å². The van der Waals surface area contributed by atoms with Crippen LogP contribution in [0.4, 0.5) is 5.82 Å². The Labute approximate surface area is 141 Å². The third-order valence-electron chi connectivity index (χ3n) is 3.49. The van der Waals surface area contributed by atoms with Gasteiger partial charge in [-0.2, -0.15) is 4.98 Å². The van der Waals surface area contributed by atoms with Crippen molar-refractivity contribution in [3.8, 4) is 11.5 Å². The fraction of sp³-hybridized carbons (Fsp3) is 0.294. The van der Waals surface area contributed by atoms with Gasteiger partial charge in [0.25, 0.3) is 0 Å². The van der Waals surface area contributed by atoms with E-state index >= 15 is 0 Å². The summed E-state index contributed by atoms with van der Waals surface area (Å²) in [5.74, 6) is 2.02. The zero-order valence-electron chi connectivity index (χ0n) is 14.0. The molecule has 124 valence electrons. The van der Waals surface area contributed by atoms with E-state index in [-0.39, 0.29) is 0 Å². The van der Waals surface area contributed by atoms with Crippen LogP contribution >= 0.6 is 0 Å². The van der Waals surface area contributed by atoms with E-state index in [0.29, 0.717) is 24.0 Å². The van der Waals surface area contributed by atoms with Gasteiger partial charge >= 0.3 is 0 Å². The van der Waals surface area contributed by atoms with Crippen LogP contribution in [-0.4, -0.2) is 46.2 Å². The molecule has 0 saturated heterocycles. The molecule has 3 rings (SSSR count). The van der Waals surface area contributed by atoms with Crippen LogP contribution in [0, 0.1) is 0 Å². The number of anilines is 1. The molecule has 0 amide bonds. The first-order valence-electron chi connectivity index (χ1n) is 7.66. The number of rotatable bonds is 6. The van der Waals surface area contributed by atoms with Gasteiger partial charge in [-0.25, -0.2) is 4.98 Å². The summed E-state index contributed by atoms with van der Waals surface area (Å²) in [5, 5.41) is 3.98. The van der Waals surface area contributed by atoms with Crippen LogP contribution in [0.2, 0.25) is 0 Å². The normalized spacial score (nSPS) is 11.0. The SMILES string of the molecule is CN(Cc1ccc(N(C)C)nc1)Cc1nc(-c2ccccn2)no1. The van der Waals surface area contributed by atoms with Crippen LogP contribution in [-0.2, 0) is 13.1 Å². The molecule has 3 heterocycles. The molecule has 7 nitrogen and oxygen atoms in total. The van der Waals surface area contributed by atoms with Crippen LogP contribution in [0.25, 0.3) is 11.5 Å². The topological polar surface area (TPSA) is 71.2 Å². The van der Waals surface area contributed by atoms with Crippen molar-refractivity contribution in [1.82, 2.24) is 25.0 Å². The maximum absolute atomic E-state index is 5.31. The molecule has 0 aliphatic carbocycles. The summed E-state index contributed by atoms with van der Waals surface area (Å²) in [7, 11) is 5.95. The van der Waals surface area contributed by atoms with E-state index in [2.05, 4.69) is 31.1 Å². The number of pyridine rings is 2. The first kappa shape index (κ1) is 16.1. The van der Waals surface area contributed by atoms with E-state index in [0.717, 1.165) is 17.9 Å². The highest BCUT2D eigenvalue weighted by molar-refractivity contribution is 5.47. The minimum atomic E-state index is 0.510. The van der Waals surface area contributed by atoms with Gasteiger partial charge in [0, 0.05) is 33.0 Å². The molecule has 0 aromatic carbocycles. The molecule has 0 atom stereocenters. The Morgan fingerprint density at radius 2 is 1.88 bits per heavy atom. The second-order valence-electron chi connectivity index (χ2n) is 5.82. The molecule has 0 aliphatic rings. The van der Waals surface area contributed by atoms with E-state index in [1.165, 1.54) is 0 Å². The zero-order chi connectivity index (χ0) is 16.9. The average Bonchev–Trinajstić information content (AvgIpc) is 3.04. The van der Waals surface area contributed by atoms with Gasteiger partial charge in [-0.15, -0.1) is 0 Å². The van der Waals surface area contributed by atoms with E-state index in [1.807, 2.05) is 56.5 Å². The maximum atomic E-state index is 5.31. The minimum absolute atomic E-state index is 0.510. The van der Waals surface area contributed by atoms with Gasteiger partial charge in [0.05, 0.1) is 6.54 Å². The van der Waals surface area contributed by atoms with Gasteiger partial charge in [0.2, 0.25) is 11.7 Å². The van der Waals surface area contributed by atoms with Gasteiger partial charge < -0.3 is 9.42 Å². The largest absolute Gasteiger partial charge is 0.363 e. The zero-order valence-corrected chi connectivity index (χ0v) is 14.0. The number of aromatic nitrogens is 4. The first-order valence-corrected chi connectivity index (χ1v) is 7.66. The molecule has 0 saturated carbocycles. The third-order valence-corrected chi connectivity index (χ3v) is 3.49. The van der Waals surface area contributed by atoms with Crippen LogP contribution < -0.4 is 4.90 Å². The van der Waals surface area contributed by atoms with Crippen molar-refractivity contribution < 1.29 is 4.52 Å². The van der Waals surface area contributed by atoms with Crippen molar-refractivity contribution in [2.24, 2.45) is 0 Å². The van der Waals surface area contributed by atoms with Gasteiger partial charge in [0.15, 0.2) is 0 Å². The second-order valence-corrected chi connectivity index (χ2v) is 5.82. The summed E-state index contributed by atoms with van der Waals surface area (Å²) in [6, 6.07) is 9.69. The molecule has 0 N–H and O–H groups in total. The van der Waals surface area contributed by atoms with Crippen molar-refractivity contribution in [2.45, 2.75) is 13.1 Å². The Morgan fingerprint density at radius 1 is 1.00 bits per heavy atom. The fourth-order valence-electron chi connectivity index (χ4n) is 2.29. The van der Waals surface area contributed by atoms with Gasteiger partial charge in [-0.05, 0) is 30.8 Å². The Balaban J connectivity index is 1.61. The molecular weight excluding hydrogens is 304 g/mol. The Bertz CT molecular complexity index is 769. The van der Waals surface area contributed by atoms with Gasteiger partial charge in [0.1, 0.15) is 11.5 Å². The quantitative estimate of drug-likeness (QED) is 0.688.